The van der Waals surface area contributed by atoms with Crippen LogP contribution in [0.4, 0.5) is 0 Å². The van der Waals surface area contributed by atoms with Crippen molar-refractivity contribution in [1.29, 1.82) is 0 Å². The molecule has 0 spiro atoms. The molecule has 0 aliphatic heterocycles. The SMILES string of the molecule is CCN(Cc1ccc(C(=O)N(C)CCOc2ccccc2)cc1)C(C)C. The highest BCUT2D eigenvalue weighted by Crippen LogP contribution is 2.12. The molecule has 0 fully saturated rings. The Kier molecular flexibility index (Phi) is 7.67. The summed E-state index contributed by atoms with van der Waals surface area (Å²) in [6.45, 7) is 9.52. The minimum absolute atomic E-state index is 0.0180. The Morgan fingerprint density at radius 3 is 2.27 bits per heavy atom. The lowest BCUT2D eigenvalue weighted by Crippen LogP contribution is -2.31. The predicted octanol–water partition coefficient (Wildman–Crippen LogP) is 4.07. The van der Waals surface area contributed by atoms with E-state index in [1.165, 1.54) is 5.56 Å². The average molecular weight is 354 g/mol. The van der Waals surface area contributed by atoms with Gasteiger partial charge in [-0.15, -0.1) is 0 Å². The molecule has 0 saturated carbocycles. The normalized spacial score (nSPS) is 11.0. The van der Waals surface area contributed by atoms with Crippen LogP contribution < -0.4 is 4.74 Å². The summed E-state index contributed by atoms with van der Waals surface area (Å²) < 4.78 is 5.66. The van der Waals surface area contributed by atoms with E-state index in [9.17, 15) is 4.79 Å². The molecule has 2 aromatic rings. The molecule has 0 bridgehead atoms. The molecule has 0 heterocycles. The Balaban J connectivity index is 1.86. The maximum Gasteiger partial charge on any atom is 0.253 e. The van der Waals surface area contributed by atoms with Crippen molar-refractivity contribution in [2.45, 2.75) is 33.4 Å². The summed E-state index contributed by atoms with van der Waals surface area (Å²) in [5, 5.41) is 0. The molecule has 0 unspecified atom stereocenters. The van der Waals surface area contributed by atoms with E-state index in [0.717, 1.165) is 18.8 Å². The van der Waals surface area contributed by atoms with Crippen molar-refractivity contribution < 1.29 is 9.53 Å². The van der Waals surface area contributed by atoms with Crippen LogP contribution in [0, 0.1) is 0 Å². The van der Waals surface area contributed by atoms with E-state index in [4.69, 9.17) is 4.74 Å². The summed E-state index contributed by atoms with van der Waals surface area (Å²) in [5.74, 6) is 0.841. The highest BCUT2D eigenvalue weighted by Gasteiger charge is 2.13. The number of rotatable bonds is 9. The molecule has 0 aliphatic rings. The number of hydrogen-bond acceptors (Lipinski definition) is 3. The van der Waals surface area contributed by atoms with Crippen LogP contribution in [0.3, 0.4) is 0 Å². The molecular formula is C22H30N2O2. The monoisotopic (exact) mass is 354 g/mol. The molecule has 0 aromatic heterocycles. The molecule has 0 atom stereocenters. The number of likely N-dealkylation sites (N-methyl/N-ethyl adjacent to an activating group) is 1. The van der Waals surface area contributed by atoms with Gasteiger partial charge in [0.2, 0.25) is 0 Å². The van der Waals surface area contributed by atoms with Crippen LogP contribution in [0.2, 0.25) is 0 Å². The summed E-state index contributed by atoms with van der Waals surface area (Å²) in [4.78, 5) is 16.6. The van der Waals surface area contributed by atoms with E-state index in [1.54, 1.807) is 4.90 Å². The molecule has 4 heteroatoms. The molecule has 1 amide bonds. The lowest BCUT2D eigenvalue weighted by molar-refractivity contribution is 0.0773. The highest BCUT2D eigenvalue weighted by molar-refractivity contribution is 5.94. The third kappa shape index (κ3) is 5.88. The van der Waals surface area contributed by atoms with E-state index in [2.05, 4.69) is 25.7 Å². The minimum atomic E-state index is 0.0180. The first kappa shape index (κ1) is 20.0. The fourth-order valence-electron chi connectivity index (χ4n) is 2.79. The van der Waals surface area contributed by atoms with Crippen molar-refractivity contribution in [3.8, 4) is 5.75 Å². The summed E-state index contributed by atoms with van der Waals surface area (Å²) in [7, 11) is 1.81. The molecule has 2 aromatic carbocycles. The number of nitrogens with zero attached hydrogens (tertiary/aromatic N) is 2. The molecule has 4 nitrogen and oxygen atoms in total. The van der Waals surface area contributed by atoms with Gasteiger partial charge in [-0.1, -0.05) is 37.3 Å². The zero-order chi connectivity index (χ0) is 18.9. The molecule has 2 rings (SSSR count). The van der Waals surface area contributed by atoms with E-state index < -0.39 is 0 Å². The Morgan fingerprint density at radius 1 is 1.04 bits per heavy atom. The number of ether oxygens (including phenoxy) is 1. The maximum absolute atomic E-state index is 12.5. The third-order valence-electron chi connectivity index (χ3n) is 4.51. The molecule has 0 saturated heterocycles. The number of benzene rings is 2. The molecule has 0 N–H and O–H groups in total. The minimum Gasteiger partial charge on any atom is -0.492 e. The van der Waals surface area contributed by atoms with Crippen LogP contribution in [0.25, 0.3) is 0 Å². The second-order valence-corrected chi connectivity index (χ2v) is 6.74. The lowest BCUT2D eigenvalue weighted by Gasteiger charge is -2.25. The first-order valence-corrected chi connectivity index (χ1v) is 9.27. The maximum atomic E-state index is 12.5. The quantitative estimate of drug-likeness (QED) is 0.680. The summed E-state index contributed by atoms with van der Waals surface area (Å²) in [6.07, 6.45) is 0. The van der Waals surface area contributed by atoms with Gasteiger partial charge in [-0.2, -0.15) is 0 Å². The number of carbonyl (C=O) groups is 1. The van der Waals surface area contributed by atoms with Gasteiger partial charge in [0.15, 0.2) is 0 Å². The second kappa shape index (κ2) is 9.97. The fraction of sp³-hybridized carbons (Fsp3) is 0.409. The van der Waals surface area contributed by atoms with Crippen molar-refractivity contribution in [1.82, 2.24) is 9.80 Å². The van der Waals surface area contributed by atoms with Gasteiger partial charge < -0.3 is 9.64 Å². The Bertz CT molecular complexity index is 668. The van der Waals surface area contributed by atoms with Gasteiger partial charge in [0.05, 0.1) is 6.54 Å². The van der Waals surface area contributed by atoms with Gasteiger partial charge in [-0.05, 0) is 50.2 Å². The summed E-state index contributed by atoms with van der Waals surface area (Å²) >= 11 is 0. The molecular weight excluding hydrogens is 324 g/mol. The standard InChI is InChI=1S/C22H30N2O2/c1-5-24(18(2)3)17-19-11-13-20(14-12-19)22(25)23(4)15-16-26-21-9-7-6-8-10-21/h6-14,18H,5,15-17H2,1-4H3. The van der Waals surface area contributed by atoms with E-state index >= 15 is 0 Å². The van der Waals surface area contributed by atoms with Gasteiger partial charge in [-0.25, -0.2) is 0 Å². The van der Waals surface area contributed by atoms with Crippen LogP contribution in [0.1, 0.15) is 36.7 Å². The number of amides is 1. The molecule has 140 valence electrons. The van der Waals surface area contributed by atoms with Crippen LogP contribution in [-0.2, 0) is 6.54 Å². The second-order valence-electron chi connectivity index (χ2n) is 6.74. The van der Waals surface area contributed by atoms with Crippen LogP contribution in [-0.4, -0.2) is 48.5 Å². The Morgan fingerprint density at radius 2 is 1.69 bits per heavy atom. The van der Waals surface area contributed by atoms with Crippen LogP contribution in [0.5, 0.6) is 5.75 Å². The van der Waals surface area contributed by atoms with Crippen molar-refractivity contribution in [3.63, 3.8) is 0 Å². The van der Waals surface area contributed by atoms with E-state index in [1.807, 2.05) is 61.6 Å². The Labute approximate surface area is 157 Å². The fourth-order valence-corrected chi connectivity index (χ4v) is 2.79. The predicted molar refractivity (Wildman–Crippen MR) is 107 cm³/mol. The van der Waals surface area contributed by atoms with Crippen molar-refractivity contribution in [2.75, 3.05) is 26.7 Å². The lowest BCUT2D eigenvalue weighted by atomic mass is 10.1. The van der Waals surface area contributed by atoms with Crippen LogP contribution in [0.15, 0.2) is 54.6 Å². The van der Waals surface area contributed by atoms with Gasteiger partial charge >= 0.3 is 0 Å². The summed E-state index contributed by atoms with van der Waals surface area (Å²) in [6, 6.07) is 18.1. The largest absolute Gasteiger partial charge is 0.492 e. The van der Waals surface area contributed by atoms with Gasteiger partial charge in [0.25, 0.3) is 5.91 Å². The number of carbonyl (C=O) groups excluding carboxylic acids is 1. The van der Waals surface area contributed by atoms with Crippen LogP contribution >= 0.6 is 0 Å². The molecule has 0 radical (unpaired) electrons. The summed E-state index contributed by atoms with van der Waals surface area (Å²) in [5.41, 5.74) is 1.94. The zero-order valence-electron chi connectivity index (χ0n) is 16.3. The highest BCUT2D eigenvalue weighted by atomic mass is 16.5. The van der Waals surface area contributed by atoms with Gasteiger partial charge in [0, 0.05) is 25.2 Å². The Hall–Kier alpha value is -2.33. The first-order chi connectivity index (χ1) is 12.5. The molecule has 0 aliphatic carbocycles. The third-order valence-corrected chi connectivity index (χ3v) is 4.51. The zero-order valence-corrected chi connectivity index (χ0v) is 16.3. The molecule has 26 heavy (non-hydrogen) atoms. The topological polar surface area (TPSA) is 32.8 Å². The van der Waals surface area contributed by atoms with Gasteiger partial charge in [0.1, 0.15) is 12.4 Å². The average Bonchev–Trinajstić information content (AvgIpc) is 2.66. The first-order valence-electron chi connectivity index (χ1n) is 9.27. The number of hydrogen-bond donors (Lipinski definition) is 0. The van der Waals surface area contributed by atoms with Crippen molar-refractivity contribution >= 4 is 5.91 Å². The number of para-hydroxylation sites is 1. The van der Waals surface area contributed by atoms with Crippen molar-refractivity contribution in [2.24, 2.45) is 0 Å². The van der Waals surface area contributed by atoms with Crippen molar-refractivity contribution in [3.05, 3.63) is 65.7 Å². The van der Waals surface area contributed by atoms with E-state index in [0.29, 0.717) is 24.8 Å². The van der Waals surface area contributed by atoms with E-state index in [-0.39, 0.29) is 5.91 Å². The smallest absolute Gasteiger partial charge is 0.253 e. The van der Waals surface area contributed by atoms with Gasteiger partial charge in [-0.3, -0.25) is 9.69 Å².